The third-order valence-electron chi connectivity index (χ3n) is 3.05. The van der Waals surface area contributed by atoms with Crippen LogP contribution < -0.4 is 0 Å². The zero-order chi connectivity index (χ0) is 12.4. The van der Waals surface area contributed by atoms with Crippen LogP contribution >= 0.6 is 0 Å². The fraction of sp³-hybridized carbons (Fsp3) is 0.133. The lowest BCUT2D eigenvalue weighted by atomic mass is 10.00. The van der Waals surface area contributed by atoms with Gasteiger partial charge in [0.2, 0.25) is 0 Å². The molecule has 0 saturated carbocycles. The van der Waals surface area contributed by atoms with Crippen molar-refractivity contribution in [2.75, 3.05) is 0 Å². The molecule has 3 heteroatoms. The largest absolute Gasteiger partial charge is 0.472 e. The Morgan fingerprint density at radius 2 is 2.06 bits per heavy atom. The van der Waals surface area contributed by atoms with Gasteiger partial charge in [-0.25, -0.2) is 0 Å². The average molecular weight is 239 g/mol. The first kappa shape index (κ1) is 11.0. The number of nitrogens with zero attached hydrogens (tertiary/aromatic N) is 1. The van der Waals surface area contributed by atoms with Crippen LogP contribution in [0.3, 0.4) is 0 Å². The van der Waals surface area contributed by atoms with Gasteiger partial charge in [-0.15, -0.1) is 0 Å². The van der Waals surface area contributed by atoms with E-state index in [1.165, 1.54) is 0 Å². The molecule has 1 N–H and O–H groups in total. The molecule has 3 aromatic rings. The predicted octanol–water partition coefficient (Wildman–Crippen LogP) is 3.10. The Morgan fingerprint density at radius 1 is 1.17 bits per heavy atom. The Hall–Kier alpha value is -2.13. The lowest BCUT2D eigenvalue weighted by Gasteiger charge is -2.12. The molecule has 0 amide bonds. The first-order valence-corrected chi connectivity index (χ1v) is 5.87. The minimum atomic E-state index is -0.546. The standard InChI is InChI=1S/C15H13NO2/c17-15(9-11-6-8-18-10-11)13-5-7-16-14-4-2-1-3-12(13)14/h1-8,10,15,17H,9H2. The number of aliphatic hydroxyl groups excluding tert-OH is 1. The zero-order valence-electron chi connectivity index (χ0n) is 9.78. The van der Waals surface area contributed by atoms with Crippen LogP contribution in [0.1, 0.15) is 17.2 Å². The number of aromatic nitrogens is 1. The van der Waals surface area contributed by atoms with Crippen LogP contribution in [0.5, 0.6) is 0 Å². The Kier molecular flexibility index (Phi) is 2.82. The maximum absolute atomic E-state index is 10.3. The van der Waals surface area contributed by atoms with E-state index < -0.39 is 6.10 Å². The highest BCUT2D eigenvalue weighted by molar-refractivity contribution is 5.82. The van der Waals surface area contributed by atoms with Gasteiger partial charge in [-0.05, 0) is 29.3 Å². The number of rotatable bonds is 3. The molecule has 0 fully saturated rings. The molecule has 2 heterocycles. The topological polar surface area (TPSA) is 46.3 Å². The molecule has 1 aromatic carbocycles. The number of aliphatic hydroxyl groups is 1. The number of fused-ring (bicyclic) bond motifs is 1. The molecule has 90 valence electrons. The summed E-state index contributed by atoms with van der Waals surface area (Å²) in [7, 11) is 0. The smallest absolute Gasteiger partial charge is 0.0935 e. The first-order valence-electron chi connectivity index (χ1n) is 5.87. The number of benzene rings is 1. The molecule has 18 heavy (non-hydrogen) atoms. The molecule has 0 aliphatic carbocycles. The monoisotopic (exact) mass is 239 g/mol. The molecule has 3 rings (SSSR count). The van der Waals surface area contributed by atoms with Crippen LogP contribution in [-0.2, 0) is 6.42 Å². The second kappa shape index (κ2) is 4.63. The van der Waals surface area contributed by atoms with Crippen molar-refractivity contribution in [1.29, 1.82) is 0 Å². The summed E-state index contributed by atoms with van der Waals surface area (Å²) in [5.74, 6) is 0. The normalized spacial score (nSPS) is 12.7. The van der Waals surface area contributed by atoms with Gasteiger partial charge >= 0.3 is 0 Å². The summed E-state index contributed by atoms with van der Waals surface area (Å²) >= 11 is 0. The van der Waals surface area contributed by atoms with Crippen molar-refractivity contribution in [3.05, 3.63) is 66.2 Å². The van der Waals surface area contributed by atoms with Crippen molar-refractivity contribution in [3.8, 4) is 0 Å². The van der Waals surface area contributed by atoms with Crippen molar-refractivity contribution < 1.29 is 9.52 Å². The van der Waals surface area contributed by atoms with Crippen LogP contribution in [0.4, 0.5) is 0 Å². The minimum Gasteiger partial charge on any atom is -0.472 e. The lowest BCUT2D eigenvalue weighted by Crippen LogP contribution is -2.02. The second-order valence-electron chi connectivity index (χ2n) is 4.27. The number of hydrogen-bond donors (Lipinski definition) is 1. The van der Waals surface area contributed by atoms with Crippen molar-refractivity contribution in [2.45, 2.75) is 12.5 Å². The van der Waals surface area contributed by atoms with Crippen LogP contribution in [0.2, 0.25) is 0 Å². The predicted molar refractivity (Wildman–Crippen MR) is 69.1 cm³/mol. The molecule has 0 aliphatic rings. The van der Waals surface area contributed by atoms with Gasteiger partial charge in [-0.2, -0.15) is 0 Å². The van der Waals surface area contributed by atoms with E-state index in [2.05, 4.69) is 4.98 Å². The Bertz CT molecular complexity index is 641. The van der Waals surface area contributed by atoms with Gasteiger partial charge in [0.15, 0.2) is 0 Å². The van der Waals surface area contributed by atoms with Crippen molar-refractivity contribution in [2.24, 2.45) is 0 Å². The van der Waals surface area contributed by atoms with E-state index in [4.69, 9.17) is 4.42 Å². The molecule has 1 atom stereocenters. The van der Waals surface area contributed by atoms with Crippen LogP contribution in [0.15, 0.2) is 59.5 Å². The summed E-state index contributed by atoms with van der Waals surface area (Å²) < 4.78 is 5.02. The van der Waals surface area contributed by atoms with Gasteiger partial charge in [0.1, 0.15) is 0 Å². The van der Waals surface area contributed by atoms with Gasteiger partial charge in [0.25, 0.3) is 0 Å². The fourth-order valence-electron chi connectivity index (χ4n) is 2.15. The minimum absolute atomic E-state index is 0.546. The van der Waals surface area contributed by atoms with Crippen LogP contribution in [0, 0.1) is 0 Å². The third-order valence-corrected chi connectivity index (χ3v) is 3.05. The van der Waals surface area contributed by atoms with Crippen molar-refractivity contribution >= 4 is 10.9 Å². The third kappa shape index (κ3) is 2.00. The first-order chi connectivity index (χ1) is 8.84. The maximum atomic E-state index is 10.3. The van der Waals surface area contributed by atoms with Gasteiger partial charge < -0.3 is 9.52 Å². The van der Waals surface area contributed by atoms with Crippen molar-refractivity contribution in [1.82, 2.24) is 4.98 Å². The summed E-state index contributed by atoms with van der Waals surface area (Å²) in [5, 5.41) is 11.3. The van der Waals surface area contributed by atoms with Gasteiger partial charge in [-0.1, -0.05) is 18.2 Å². The molecule has 2 aromatic heterocycles. The Balaban J connectivity index is 1.98. The Morgan fingerprint density at radius 3 is 2.89 bits per heavy atom. The molecule has 0 bridgehead atoms. The lowest BCUT2D eigenvalue weighted by molar-refractivity contribution is 0.179. The van der Waals surface area contributed by atoms with Gasteiger partial charge in [-0.3, -0.25) is 4.98 Å². The molecule has 0 saturated heterocycles. The number of pyridine rings is 1. The van der Waals surface area contributed by atoms with E-state index in [0.717, 1.165) is 22.0 Å². The molecule has 0 spiro atoms. The van der Waals surface area contributed by atoms with E-state index in [1.807, 2.05) is 36.4 Å². The summed E-state index contributed by atoms with van der Waals surface area (Å²) in [6.45, 7) is 0. The second-order valence-corrected chi connectivity index (χ2v) is 4.27. The summed E-state index contributed by atoms with van der Waals surface area (Å²) in [5.41, 5.74) is 2.80. The summed E-state index contributed by atoms with van der Waals surface area (Å²) in [6.07, 6.45) is 5.01. The zero-order valence-corrected chi connectivity index (χ0v) is 9.78. The highest BCUT2D eigenvalue weighted by atomic mass is 16.3. The highest BCUT2D eigenvalue weighted by Crippen LogP contribution is 2.25. The van der Waals surface area contributed by atoms with E-state index >= 15 is 0 Å². The summed E-state index contributed by atoms with van der Waals surface area (Å²) in [4.78, 5) is 4.29. The number of furan rings is 1. The Labute approximate surface area is 105 Å². The number of hydrogen-bond acceptors (Lipinski definition) is 3. The maximum Gasteiger partial charge on any atom is 0.0935 e. The fourth-order valence-corrected chi connectivity index (χ4v) is 2.15. The highest BCUT2D eigenvalue weighted by Gasteiger charge is 2.12. The van der Waals surface area contributed by atoms with Gasteiger partial charge in [0, 0.05) is 18.0 Å². The van der Waals surface area contributed by atoms with E-state index in [1.54, 1.807) is 18.7 Å². The average Bonchev–Trinajstić information content (AvgIpc) is 2.91. The molecular weight excluding hydrogens is 226 g/mol. The molecule has 0 aliphatic heterocycles. The van der Waals surface area contributed by atoms with Crippen molar-refractivity contribution in [3.63, 3.8) is 0 Å². The van der Waals surface area contributed by atoms with E-state index in [-0.39, 0.29) is 0 Å². The quantitative estimate of drug-likeness (QED) is 0.763. The molecule has 3 nitrogen and oxygen atoms in total. The molecule has 0 radical (unpaired) electrons. The van der Waals surface area contributed by atoms with Gasteiger partial charge in [0.05, 0.1) is 24.1 Å². The van der Waals surface area contributed by atoms with E-state index in [9.17, 15) is 5.11 Å². The SMILES string of the molecule is OC(Cc1ccoc1)c1ccnc2ccccc12. The van der Waals surface area contributed by atoms with Crippen LogP contribution in [-0.4, -0.2) is 10.1 Å². The summed E-state index contributed by atoms with van der Waals surface area (Å²) in [6, 6.07) is 11.6. The van der Waals surface area contributed by atoms with E-state index in [0.29, 0.717) is 6.42 Å². The molecular formula is C15H13NO2. The number of para-hydroxylation sites is 1. The molecule has 1 unspecified atom stereocenters. The van der Waals surface area contributed by atoms with Crippen LogP contribution in [0.25, 0.3) is 10.9 Å².